The summed E-state index contributed by atoms with van der Waals surface area (Å²) in [6, 6.07) is 17.2. The van der Waals surface area contributed by atoms with Gasteiger partial charge in [0, 0.05) is 0 Å². The van der Waals surface area contributed by atoms with Gasteiger partial charge in [-0.1, -0.05) is 45.0 Å². The zero-order valence-corrected chi connectivity index (χ0v) is 16.1. The van der Waals surface area contributed by atoms with Crippen LogP contribution in [-0.4, -0.2) is 25.7 Å². The topological polar surface area (TPSA) is 71.3 Å². The highest BCUT2D eigenvalue weighted by molar-refractivity contribution is 5.77. The van der Waals surface area contributed by atoms with Crippen LogP contribution in [0.4, 0.5) is 0 Å². The summed E-state index contributed by atoms with van der Waals surface area (Å²) < 4.78 is 11.1. The van der Waals surface area contributed by atoms with Gasteiger partial charge >= 0.3 is 0 Å². The van der Waals surface area contributed by atoms with E-state index in [0.717, 1.165) is 11.3 Å². The Labute approximate surface area is 160 Å². The van der Waals surface area contributed by atoms with Crippen molar-refractivity contribution in [3.8, 4) is 17.6 Å². The highest BCUT2D eigenvalue weighted by Crippen LogP contribution is 2.24. The molecule has 5 nitrogen and oxygen atoms in total. The molecule has 27 heavy (non-hydrogen) atoms. The van der Waals surface area contributed by atoms with Crippen molar-refractivity contribution in [1.29, 1.82) is 5.26 Å². The average Bonchev–Trinajstić information content (AvgIpc) is 2.64. The first kappa shape index (κ1) is 20.3. The lowest BCUT2D eigenvalue weighted by Crippen LogP contribution is -2.32. The van der Waals surface area contributed by atoms with Gasteiger partial charge in [0.1, 0.15) is 18.1 Å². The van der Waals surface area contributed by atoms with Gasteiger partial charge in [0.15, 0.2) is 6.61 Å². The molecule has 0 aliphatic heterocycles. The Hall–Kier alpha value is -3.00. The number of benzene rings is 2. The molecule has 0 radical (unpaired) electrons. The van der Waals surface area contributed by atoms with E-state index in [9.17, 15) is 4.79 Å². The molecular weight excluding hydrogens is 340 g/mol. The Morgan fingerprint density at radius 2 is 1.59 bits per heavy atom. The molecular formula is C22H26N2O3. The number of nitriles is 1. The molecule has 0 spiro atoms. The maximum Gasteiger partial charge on any atom is 0.258 e. The summed E-state index contributed by atoms with van der Waals surface area (Å²) >= 11 is 0. The number of hydrogen-bond acceptors (Lipinski definition) is 4. The average molecular weight is 366 g/mol. The van der Waals surface area contributed by atoms with Crippen molar-refractivity contribution < 1.29 is 14.3 Å². The predicted octanol–water partition coefficient (Wildman–Crippen LogP) is 3.62. The molecule has 0 heterocycles. The van der Waals surface area contributed by atoms with Crippen molar-refractivity contribution in [2.45, 2.75) is 32.6 Å². The van der Waals surface area contributed by atoms with E-state index in [1.165, 1.54) is 5.56 Å². The first-order valence-electron chi connectivity index (χ1n) is 8.97. The first-order chi connectivity index (χ1) is 12.9. The molecule has 0 saturated heterocycles. The van der Waals surface area contributed by atoms with Crippen LogP contribution in [0.3, 0.4) is 0 Å². The normalized spacial score (nSPS) is 10.7. The van der Waals surface area contributed by atoms with Crippen LogP contribution in [0.15, 0.2) is 48.5 Å². The molecule has 0 fully saturated rings. The number of nitrogens with one attached hydrogen (secondary N) is 1. The van der Waals surface area contributed by atoms with Crippen LogP contribution in [0.1, 0.15) is 31.9 Å². The molecule has 0 unspecified atom stereocenters. The van der Waals surface area contributed by atoms with Gasteiger partial charge in [0.05, 0.1) is 19.0 Å². The summed E-state index contributed by atoms with van der Waals surface area (Å²) in [6.45, 7) is 7.25. The fraction of sp³-hybridized carbons (Fsp3) is 0.364. The number of ether oxygens (including phenoxy) is 2. The molecule has 5 heteroatoms. The Morgan fingerprint density at radius 3 is 2.19 bits per heavy atom. The molecule has 1 amide bonds. The maximum absolute atomic E-state index is 11.8. The third kappa shape index (κ3) is 7.02. The van der Waals surface area contributed by atoms with E-state index in [4.69, 9.17) is 14.7 Å². The van der Waals surface area contributed by atoms with E-state index < -0.39 is 0 Å². The molecule has 0 aliphatic carbocycles. The highest BCUT2D eigenvalue weighted by Gasteiger charge is 2.12. The molecule has 0 saturated carbocycles. The number of nitrogens with zero attached hydrogens (tertiary/aromatic N) is 1. The minimum atomic E-state index is -0.206. The van der Waals surface area contributed by atoms with Gasteiger partial charge < -0.3 is 14.8 Å². The van der Waals surface area contributed by atoms with Gasteiger partial charge in [-0.05, 0) is 40.8 Å². The van der Waals surface area contributed by atoms with E-state index in [1.54, 1.807) is 12.1 Å². The standard InChI is InChI=1S/C22H26N2O3/c1-22(2,3)18-6-10-19(11-7-18)26-15-14-24-21(25)16-27-20-8-4-17(5-9-20)12-13-23/h4-11H,12,14-16H2,1-3H3,(H,24,25). The number of rotatable bonds is 8. The van der Waals surface area contributed by atoms with Crippen molar-refractivity contribution in [1.82, 2.24) is 5.32 Å². The van der Waals surface area contributed by atoms with Gasteiger partial charge in [-0.2, -0.15) is 5.26 Å². The quantitative estimate of drug-likeness (QED) is 0.724. The van der Waals surface area contributed by atoms with Crippen molar-refractivity contribution in [3.63, 3.8) is 0 Å². The van der Waals surface area contributed by atoms with Crippen LogP contribution in [0.2, 0.25) is 0 Å². The number of carbonyl (C=O) groups excluding carboxylic acids is 1. The number of hydrogen-bond donors (Lipinski definition) is 1. The Balaban J connectivity index is 1.65. The molecule has 1 N–H and O–H groups in total. The van der Waals surface area contributed by atoms with Crippen molar-refractivity contribution in [2.75, 3.05) is 19.8 Å². The lowest BCUT2D eigenvalue weighted by molar-refractivity contribution is -0.123. The maximum atomic E-state index is 11.8. The summed E-state index contributed by atoms with van der Waals surface area (Å²) in [7, 11) is 0. The van der Waals surface area contributed by atoms with Crippen molar-refractivity contribution in [2.24, 2.45) is 0 Å². The van der Waals surface area contributed by atoms with Gasteiger partial charge in [-0.25, -0.2) is 0 Å². The van der Waals surface area contributed by atoms with Crippen LogP contribution in [0.25, 0.3) is 0 Å². The summed E-state index contributed by atoms with van der Waals surface area (Å²) in [6.07, 6.45) is 0.361. The van der Waals surface area contributed by atoms with Gasteiger partial charge in [0.25, 0.3) is 5.91 Å². The summed E-state index contributed by atoms with van der Waals surface area (Å²) in [5.74, 6) is 1.18. The molecule has 0 bridgehead atoms. The smallest absolute Gasteiger partial charge is 0.258 e. The molecule has 2 aromatic carbocycles. The summed E-state index contributed by atoms with van der Waals surface area (Å²) in [4.78, 5) is 11.8. The van der Waals surface area contributed by atoms with Gasteiger partial charge in [0.2, 0.25) is 0 Å². The van der Waals surface area contributed by atoms with E-state index in [2.05, 4.69) is 44.3 Å². The Kier molecular flexibility index (Phi) is 7.25. The molecule has 2 rings (SSSR count). The zero-order valence-electron chi connectivity index (χ0n) is 16.1. The second kappa shape index (κ2) is 9.63. The molecule has 2 aromatic rings. The van der Waals surface area contributed by atoms with Gasteiger partial charge in [-0.15, -0.1) is 0 Å². The van der Waals surface area contributed by atoms with Crippen LogP contribution in [0.5, 0.6) is 11.5 Å². The van der Waals surface area contributed by atoms with Crippen molar-refractivity contribution in [3.05, 3.63) is 59.7 Å². The predicted molar refractivity (Wildman–Crippen MR) is 105 cm³/mol. The van der Waals surface area contributed by atoms with Crippen LogP contribution in [-0.2, 0) is 16.6 Å². The third-order valence-corrected chi connectivity index (χ3v) is 3.99. The van der Waals surface area contributed by atoms with Crippen LogP contribution < -0.4 is 14.8 Å². The lowest BCUT2D eigenvalue weighted by atomic mass is 9.87. The second-order valence-electron chi connectivity index (χ2n) is 7.24. The van der Waals surface area contributed by atoms with E-state index >= 15 is 0 Å². The lowest BCUT2D eigenvalue weighted by Gasteiger charge is -2.19. The second-order valence-corrected chi connectivity index (χ2v) is 7.24. The minimum absolute atomic E-state index is 0.0577. The van der Waals surface area contributed by atoms with E-state index in [1.807, 2.05) is 24.3 Å². The monoisotopic (exact) mass is 366 g/mol. The molecule has 0 aromatic heterocycles. The molecule has 142 valence electrons. The van der Waals surface area contributed by atoms with Crippen molar-refractivity contribution >= 4 is 5.91 Å². The zero-order chi connectivity index (χ0) is 19.7. The fourth-order valence-electron chi connectivity index (χ4n) is 2.41. The molecule has 0 aliphatic rings. The SMILES string of the molecule is CC(C)(C)c1ccc(OCCNC(=O)COc2ccc(CC#N)cc2)cc1. The number of amides is 1. The number of carbonyl (C=O) groups is 1. The fourth-order valence-corrected chi connectivity index (χ4v) is 2.41. The van der Waals surface area contributed by atoms with Crippen LogP contribution in [0, 0.1) is 11.3 Å². The molecule has 0 atom stereocenters. The third-order valence-electron chi connectivity index (χ3n) is 3.99. The summed E-state index contributed by atoms with van der Waals surface area (Å²) in [5, 5.41) is 11.4. The van der Waals surface area contributed by atoms with Gasteiger partial charge in [-0.3, -0.25) is 4.79 Å². The summed E-state index contributed by atoms with van der Waals surface area (Å²) in [5.41, 5.74) is 2.28. The minimum Gasteiger partial charge on any atom is -0.492 e. The largest absolute Gasteiger partial charge is 0.492 e. The first-order valence-corrected chi connectivity index (χ1v) is 8.97. The Bertz CT molecular complexity index is 769. The highest BCUT2D eigenvalue weighted by atomic mass is 16.5. The van der Waals surface area contributed by atoms with E-state index in [-0.39, 0.29) is 17.9 Å². The van der Waals surface area contributed by atoms with E-state index in [0.29, 0.717) is 25.3 Å². The Morgan fingerprint density at radius 1 is 1.00 bits per heavy atom. The van der Waals surface area contributed by atoms with Crippen LogP contribution >= 0.6 is 0 Å².